The lowest BCUT2D eigenvalue weighted by Crippen LogP contribution is -2.26. The van der Waals surface area contributed by atoms with Gasteiger partial charge in [0.05, 0.1) is 19.3 Å². The molecular weight excluding hydrogens is 204 g/mol. The first kappa shape index (κ1) is 15.8. The smallest absolute Gasteiger partial charge is 0.0781 e. The molecule has 0 aromatic heterocycles. The van der Waals surface area contributed by atoms with Gasteiger partial charge in [-0.2, -0.15) is 0 Å². The minimum absolute atomic E-state index is 0.198. The topological polar surface area (TPSA) is 33.7 Å². The van der Waals surface area contributed by atoms with Crippen LogP contribution < -0.4 is 5.32 Å². The highest BCUT2D eigenvalue weighted by atomic mass is 16.5. The number of nitrogens with zero attached hydrogens (tertiary/aromatic N) is 1. The van der Waals surface area contributed by atoms with Crippen LogP contribution in [0.2, 0.25) is 0 Å². The quantitative estimate of drug-likeness (QED) is 0.538. The molecule has 0 spiro atoms. The van der Waals surface area contributed by atoms with E-state index in [2.05, 4.69) is 24.3 Å². The van der Waals surface area contributed by atoms with E-state index in [-0.39, 0.29) is 6.10 Å². The summed E-state index contributed by atoms with van der Waals surface area (Å²) in [5, 5.41) is 3.36. The third-order valence-corrected chi connectivity index (χ3v) is 2.20. The Morgan fingerprint density at radius 2 is 2.00 bits per heavy atom. The van der Waals surface area contributed by atoms with Gasteiger partial charge in [-0.1, -0.05) is 0 Å². The van der Waals surface area contributed by atoms with Gasteiger partial charge in [0.2, 0.25) is 0 Å². The molecule has 0 fully saturated rings. The van der Waals surface area contributed by atoms with Crippen molar-refractivity contribution in [2.24, 2.45) is 0 Å². The fraction of sp³-hybridized carbons (Fsp3) is 1.00. The summed E-state index contributed by atoms with van der Waals surface area (Å²) in [5.41, 5.74) is 0. The second kappa shape index (κ2) is 11.3. The molecule has 0 aliphatic rings. The maximum atomic E-state index is 5.57. The molecule has 0 saturated carbocycles. The molecule has 1 unspecified atom stereocenters. The minimum Gasteiger partial charge on any atom is -0.379 e. The molecule has 0 heterocycles. The molecule has 98 valence electrons. The van der Waals surface area contributed by atoms with Gasteiger partial charge in [0.1, 0.15) is 0 Å². The highest BCUT2D eigenvalue weighted by Gasteiger charge is 2.00. The van der Waals surface area contributed by atoms with Crippen molar-refractivity contribution in [2.45, 2.75) is 26.4 Å². The van der Waals surface area contributed by atoms with Gasteiger partial charge in [-0.15, -0.1) is 0 Å². The summed E-state index contributed by atoms with van der Waals surface area (Å²) in [5.74, 6) is 0. The molecule has 0 amide bonds. The fourth-order valence-corrected chi connectivity index (χ4v) is 1.31. The first-order chi connectivity index (χ1) is 7.66. The summed E-state index contributed by atoms with van der Waals surface area (Å²) in [6.45, 7) is 9.37. The van der Waals surface area contributed by atoms with Crippen molar-refractivity contribution in [2.75, 3.05) is 53.6 Å². The van der Waals surface area contributed by atoms with Crippen molar-refractivity contribution in [1.29, 1.82) is 0 Å². The summed E-state index contributed by atoms with van der Waals surface area (Å²) < 4.78 is 10.8. The Kier molecular flexibility index (Phi) is 11.2. The van der Waals surface area contributed by atoms with E-state index in [0.29, 0.717) is 6.61 Å². The lowest BCUT2D eigenvalue weighted by Gasteiger charge is -2.13. The van der Waals surface area contributed by atoms with Crippen molar-refractivity contribution in [1.82, 2.24) is 10.2 Å². The van der Waals surface area contributed by atoms with E-state index in [1.165, 1.54) is 6.42 Å². The van der Waals surface area contributed by atoms with Crippen LogP contribution in [-0.2, 0) is 9.47 Å². The molecule has 16 heavy (non-hydrogen) atoms. The molecule has 0 aromatic rings. The number of nitrogens with one attached hydrogen (secondary N) is 1. The van der Waals surface area contributed by atoms with Gasteiger partial charge in [-0.05, 0) is 47.5 Å². The van der Waals surface area contributed by atoms with Gasteiger partial charge in [-0.3, -0.25) is 0 Å². The average Bonchev–Trinajstić information content (AvgIpc) is 2.24. The van der Waals surface area contributed by atoms with Crippen LogP contribution in [0.4, 0.5) is 0 Å². The zero-order valence-corrected chi connectivity index (χ0v) is 11.3. The molecule has 0 aliphatic carbocycles. The van der Waals surface area contributed by atoms with E-state index in [4.69, 9.17) is 9.47 Å². The molecule has 4 nitrogen and oxygen atoms in total. The van der Waals surface area contributed by atoms with Crippen molar-refractivity contribution in [3.63, 3.8) is 0 Å². The molecule has 0 rings (SSSR count). The van der Waals surface area contributed by atoms with E-state index in [9.17, 15) is 0 Å². The Morgan fingerprint density at radius 3 is 2.62 bits per heavy atom. The van der Waals surface area contributed by atoms with E-state index < -0.39 is 0 Å². The number of hydrogen-bond acceptors (Lipinski definition) is 4. The third kappa shape index (κ3) is 11.9. The van der Waals surface area contributed by atoms with Gasteiger partial charge in [0.15, 0.2) is 0 Å². The zero-order valence-electron chi connectivity index (χ0n) is 11.3. The molecule has 1 atom stereocenters. The number of hydrogen-bond donors (Lipinski definition) is 1. The number of ether oxygens (including phenoxy) is 2. The highest BCUT2D eigenvalue weighted by Crippen LogP contribution is 1.91. The van der Waals surface area contributed by atoms with Gasteiger partial charge in [0, 0.05) is 13.2 Å². The molecule has 4 heteroatoms. The van der Waals surface area contributed by atoms with Crippen LogP contribution in [-0.4, -0.2) is 64.6 Å². The van der Waals surface area contributed by atoms with Crippen LogP contribution in [0.3, 0.4) is 0 Å². The van der Waals surface area contributed by atoms with E-state index in [0.717, 1.165) is 32.8 Å². The Balaban J connectivity index is 3.08. The monoisotopic (exact) mass is 232 g/mol. The second-order valence-corrected chi connectivity index (χ2v) is 4.25. The van der Waals surface area contributed by atoms with Crippen molar-refractivity contribution in [3.05, 3.63) is 0 Å². The van der Waals surface area contributed by atoms with E-state index in [1.54, 1.807) is 0 Å². The molecule has 0 bridgehead atoms. The van der Waals surface area contributed by atoms with Gasteiger partial charge in [0.25, 0.3) is 0 Å². The summed E-state index contributed by atoms with van der Waals surface area (Å²) in [4.78, 5) is 2.20. The average molecular weight is 232 g/mol. The maximum absolute atomic E-state index is 5.57. The van der Waals surface area contributed by atoms with Gasteiger partial charge in [-0.25, -0.2) is 0 Å². The van der Waals surface area contributed by atoms with Crippen LogP contribution in [0.5, 0.6) is 0 Å². The fourth-order valence-electron chi connectivity index (χ4n) is 1.31. The predicted molar refractivity (Wildman–Crippen MR) is 67.9 cm³/mol. The zero-order chi connectivity index (χ0) is 12.2. The van der Waals surface area contributed by atoms with E-state index in [1.807, 2.05) is 13.8 Å². The highest BCUT2D eigenvalue weighted by molar-refractivity contribution is 4.52. The van der Waals surface area contributed by atoms with Crippen molar-refractivity contribution in [3.8, 4) is 0 Å². The number of rotatable bonds is 11. The Hall–Kier alpha value is -0.160. The van der Waals surface area contributed by atoms with Crippen LogP contribution in [0.1, 0.15) is 20.3 Å². The van der Waals surface area contributed by atoms with Crippen LogP contribution >= 0.6 is 0 Å². The molecule has 1 N–H and O–H groups in total. The Labute approximate surface area is 100 Å². The normalized spacial score (nSPS) is 13.3. The summed E-state index contributed by atoms with van der Waals surface area (Å²) in [7, 11) is 4.19. The standard InChI is InChI=1S/C12H28N2O2/c1-5-15-11-12(2)16-10-8-13-7-6-9-14(3)4/h12-13H,5-11H2,1-4H3. The SMILES string of the molecule is CCOCC(C)OCCNCCCN(C)C. The molecular formula is C12H28N2O2. The molecule has 0 aliphatic heterocycles. The largest absolute Gasteiger partial charge is 0.379 e. The molecule has 0 aromatic carbocycles. The maximum Gasteiger partial charge on any atom is 0.0781 e. The lowest BCUT2D eigenvalue weighted by molar-refractivity contribution is -0.00186. The summed E-state index contributed by atoms with van der Waals surface area (Å²) >= 11 is 0. The van der Waals surface area contributed by atoms with Crippen LogP contribution in [0, 0.1) is 0 Å². The predicted octanol–water partition coefficient (Wildman–Crippen LogP) is 0.969. The Bertz CT molecular complexity index is 143. The second-order valence-electron chi connectivity index (χ2n) is 4.25. The van der Waals surface area contributed by atoms with Gasteiger partial charge < -0.3 is 19.7 Å². The van der Waals surface area contributed by atoms with E-state index >= 15 is 0 Å². The minimum atomic E-state index is 0.198. The third-order valence-electron chi connectivity index (χ3n) is 2.20. The first-order valence-corrected chi connectivity index (χ1v) is 6.21. The van der Waals surface area contributed by atoms with Crippen LogP contribution in [0.15, 0.2) is 0 Å². The van der Waals surface area contributed by atoms with Crippen molar-refractivity contribution >= 4 is 0 Å². The Morgan fingerprint density at radius 1 is 1.25 bits per heavy atom. The summed E-state index contributed by atoms with van der Waals surface area (Å²) in [6.07, 6.45) is 1.38. The molecule has 0 saturated heterocycles. The summed E-state index contributed by atoms with van der Waals surface area (Å²) in [6, 6.07) is 0. The molecule has 0 radical (unpaired) electrons. The lowest BCUT2D eigenvalue weighted by atomic mass is 10.4. The van der Waals surface area contributed by atoms with Crippen molar-refractivity contribution < 1.29 is 9.47 Å². The van der Waals surface area contributed by atoms with Gasteiger partial charge >= 0.3 is 0 Å². The first-order valence-electron chi connectivity index (χ1n) is 6.21. The van der Waals surface area contributed by atoms with Crippen LogP contribution in [0.25, 0.3) is 0 Å².